The number of hydrogen-bond acceptors (Lipinski definition) is 1. The van der Waals surface area contributed by atoms with Crippen molar-refractivity contribution in [1.29, 1.82) is 5.41 Å². The second kappa shape index (κ2) is 1.74. The van der Waals surface area contributed by atoms with Crippen molar-refractivity contribution in [2.45, 2.75) is 0 Å². The Kier molecular flexibility index (Phi) is 1.25. The fraction of sp³-hybridized carbons (Fsp3) is 0. The Balaban J connectivity index is 2.86. The molecule has 6 heavy (non-hydrogen) atoms. The molecule has 1 rings (SSSR count). The minimum atomic E-state index is -0.560. The first-order chi connectivity index (χ1) is 2.89. The maximum atomic E-state index is 7.02. The van der Waals surface area contributed by atoms with Gasteiger partial charge in [0.05, 0.1) is 0 Å². The van der Waals surface area contributed by atoms with Gasteiger partial charge in [-0.05, 0) is 0 Å². The summed E-state index contributed by atoms with van der Waals surface area (Å²) in [6.07, 6.45) is 3.88. The monoisotopic (exact) mass is 181 g/mol. The van der Waals surface area contributed by atoms with E-state index in [2.05, 4.69) is 3.76 Å². The first-order valence-electron chi connectivity index (χ1n) is 1.83. The first-order valence-corrected chi connectivity index (χ1v) is 5.38. The molecular formula is C4H4InN. The van der Waals surface area contributed by atoms with E-state index in [0.29, 0.717) is 0 Å². The molecule has 0 unspecified atom stereocenters. The van der Waals surface area contributed by atoms with Crippen LogP contribution in [0.5, 0.6) is 0 Å². The Morgan fingerprint density at radius 2 is 2.50 bits per heavy atom. The molecule has 0 atom stereocenters. The van der Waals surface area contributed by atoms with Gasteiger partial charge in [-0.15, -0.1) is 0 Å². The average Bonchev–Trinajstić information content (AvgIpc) is 1.86. The Bertz CT molecular complexity index is 110. The molecule has 0 saturated carbocycles. The molecule has 0 aliphatic carbocycles. The Morgan fingerprint density at radius 1 is 1.67 bits per heavy atom. The Morgan fingerprint density at radius 3 is 2.67 bits per heavy atom. The van der Waals surface area contributed by atoms with Gasteiger partial charge >= 0.3 is 47.2 Å². The van der Waals surface area contributed by atoms with Gasteiger partial charge < -0.3 is 0 Å². The summed E-state index contributed by atoms with van der Waals surface area (Å²) in [6.45, 7) is 0. The van der Waals surface area contributed by atoms with Crippen molar-refractivity contribution in [2.75, 3.05) is 0 Å². The van der Waals surface area contributed by atoms with E-state index in [0.717, 1.165) is 3.47 Å². The van der Waals surface area contributed by atoms with Gasteiger partial charge in [0, 0.05) is 0 Å². The van der Waals surface area contributed by atoms with E-state index in [1.165, 1.54) is 0 Å². The zero-order chi connectivity index (χ0) is 4.41. The van der Waals surface area contributed by atoms with Crippen LogP contribution in [0.15, 0.2) is 12.2 Å². The summed E-state index contributed by atoms with van der Waals surface area (Å²) in [5.74, 6) is 0. The molecule has 1 aliphatic rings. The molecule has 28 valence electrons. The van der Waals surface area contributed by atoms with Gasteiger partial charge in [0.2, 0.25) is 0 Å². The van der Waals surface area contributed by atoms with E-state index in [9.17, 15) is 0 Å². The second-order valence-electron chi connectivity index (χ2n) is 1.17. The van der Waals surface area contributed by atoms with Crippen LogP contribution in [-0.4, -0.2) is 29.7 Å². The number of rotatable bonds is 0. The summed E-state index contributed by atoms with van der Waals surface area (Å²) in [6, 6.07) is 0. The van der Waals surface area contributed by atoms with Gasteiger partial charge in [0.15, 0.2) is 0 Å². The normalized spacial score (nSPS) is 15.7. The third-order valence-electron chi connectivity index (χ3n) is 0.663. The number of allylic oxidation sites excluding steroid dienone is 2. The molecule has 0 fully saturated rings. The van der Waals surface area contributed by atoms with Gasteiger partial charge in [-0.3, -0.25) is 0 Å². The van der Waals surface area contributed by atoms with Crippen molar-refractivity contribution in [3.05, 3.63) is 12.2 Å². The first kappa shape index (κ1) is 4.31. The third kappa shape index (κ3) is 0.806. The number of hydrogen-bond donors (Lipinski definition) is 1. The van der Waals surface area contributed by atoms with Crippen LogP contribution in [0.2, 0.25) is 0 Å². The van der Waals surface area contributed by atoms with E-state index >= 15 is 0 Å². The molecule has 1 nitrogen and oxygen atoms in total. The molecule has 1 aliphatic heterocycles. The van der Waals surface area contributed by atoms with E-state index < -0.39 is 22.4 Å². The van der Waals surface area contributed by atoms with Crippen molar-refractivity contribution in [3.63, 3.8) is 0 Å². The molecule has 1 N–H and O–H groups in total. The van der Waals surface area contributed by atoms with E-state index in [1.54, 1.807) is 0 Å². The topological polar surface area (TPSA) is 23.9 Å². The van der Waals surface area contributed by atoms with Crippen LogP contribution in [0.25, 0.3) is 0 Å². The summed E-state index contributed by atoms with van der Waals surface area (Å²) < 4.78 is 3.07. The van der Waals surface area contributed by atoms with Crippen molar-refractivity contribution in [2.24, 2.45) is 0 Å². The van der Waals surface area contributed by atoms with Gasteiger partial charge in [0.25, 0.3) is 0 Å². The van der Waals surface area contributed by atoms with Crippen LogP contribution >= 0.6 is 0 Å². The Hall–Kier alpha value is 0.150. The van der Waals surface area contributed by atoms with Crippen molar-refractivity contribution >= 4 is 29.7 Å². The van der Waals surface area contributed by atoms with Crippen LogP contribution in [0.1, 0.15) is 0 Å². The van der Waals surface area contributed by atoms with Crippen LogP contribution in [0.4, 0.5) is 0 Å². The molecule has 0 amide bonds. The summed E-state index contributed by atoms with van der Waals surface area (Å²) in [5.41, 5.74) is 0. The van der Waals surface area contributed by atoms with E-state index in [-0.39, 0.29) is 0 Å². The standard InChI is InChI=1S/C4H4N.In/c1-2-3-4-5;/h1-3,5H;. The van der Waals surface area contributed by atoms with Crippen LogP contribution in [-0.2, 0) is 0 Å². The molecule has 0 aromatic carbocycles. The maximum absolute atomic E-state index is 7.02. The molecule has 0 aromatic heterocycles. The predicted molar refractivity (Wildman–Crippen MR) is 28.7 cm³/mol. The quantitative estimate of drug-likeness (QED) is 0.545. The SMILES string of the molecule is N=[C]1C=C[CH]=[In]1. The summed E-state index contributed by atoms with van der Waals surface area (Å²) in [7, 11) is 0. The fourth-order valence-electron chi connectivity index (χ4n) is 0.374. The van der Waals surface area contributed by atoms with E-state index in [1.807, 2.05) is 12.2 Å². The third-order valence-corrected chi connectivity index (χ3v) is 3.42. The van der Waals surface area contributed by atoms with Crippen LogP contribution in [0.3, 0.4) is 0 Å². The zero-order valence-corrected chi connectivity index (χ0v) is 6.61. The van der Waals surface area contributed by atoms with Gasteiger partial charge in [0.1, 0.15) is 0 Å². The van der Waals surface area contributed by atoms with Gasteiger partial charge in [-0.25, -0.2) is 0 Å². The molecule has 1 heterocycles. The molecule has 0 radical (unpaired) electrons. The van der Waals surface area contributed by atoms with Crippen molar-refractivity contribution < 1.29 is 0 Å². The number of nitrogens with one attached hydrogen (secondary N) is 1. The summed E-state index contributed by atoms with van der Waals surface area (Å²) >= 11 is -0.560. The van der Waals surface area contributed by atoms with Gasteiger partial charge in [-0.2, -0.15) is 0 Å². The summed E-state index contributed by atoms with van der Waals surface area (Å²) in [4.78, 5) is 0. The van der Waals surface area contributed by atoms with Crippen LogP contribution < -0.4 is 0 Å². The van der Waals surface area contributed by atoms with Crippen LogP contribution in [0, 0.1) is 5.41 Å². The van der Waals surface area contributed by atoms with E-state index in [4.69, 9.17) is 5.41 Å². The minimum absolute atomic E-state index is 0.560. The second-order valence-corrected chi connectivity index (χ2v) is 5.00. The predicted octanol–water partition coefficient (Wildman–Crippen LogP) is 0.0399. The van der Waals surface area contributed by atoms with Crippen molar-refractivity contribution in [1.82, 2.24) is 0 Å². The molecule has 0 spiro atoms. The fourth-order valence-corrected chi connectivity index (χ4v) is 2.23. The van der Waals surface area contributed by atoms with Crippen molar-refractivity contribution in [3.8, 4) is 0 Å². The molecule has 0 bridgehead atoms. The Labute approximate surface area is 47.4 Å². The average molecular weight is 181 g/mol. The molecule has 0 aromatic rings. The molecule has 0 saturated heterocycles. The zero-order valence-electron chi connectivity index (χ0n) is 3.31. The molecular weight excluding hydrogens is 177 g/mol. The molecule has 2 heteroatoms. The van der Waals surface area contributed by atoms with Gasteiger partial charge in [-0.1, -0.05) is 0 Å². The summed E-state index contributed by atoms with van der Waals surface area (Å²) in [5, 5.41) is 7.02.